The third kappa shape index (κ3) is 4.49. The van der Waals surface area contributed by atoms with Crippen molar-refractivity contribution >= 4 is 23.2 Å². The second-order valence-electron chi connectivity index (χ2n) is 5.68. The van der Waals surface area contributed by atoms with Gasteiger partial charge in [-0.15, -0.1) is 0 Å². The summed E-state index contributed by atoms with van der Waals surface area (Å²) < 4.78 is 5.78. The number of nitrogens with one attached hydrogen (secondary N) is 1. The van der Waals surface area contributed by atoms with Crippen molar-refractivity contribution in [3.63, 3.8) is 0 Å². The molecule has 0 spiro atoms. The minimum Gasteiger partial charge on any atom is -0.479 e. The fourth-order valence-corrected chi connectivity index (χ4v) is 2.52. The van der Waals surface area contributed by atoms with E-state index in [-0.39, 0.29) is 5.91 Å². The Kier molecular flexibility index (Phi) is 6.05. The third-order valence-electron chi connectivity index (χ3n) is 3.61. The highest BCUT2D eigenvalue weighted by Gasteiger charge is 2.20. The standard InChI is InChI=1S/C19H22ClNO2/c1-4-17(23-18-12-8-6-10-15(18)20)19(22)21-16-11-7-5-9-14(16)13(2)3/h5-13,17H,4H2,1-3H3,(H,21,22)/t17-/m0/s1. The van der Waals surface area contributed by atoms with Gasteiger partial charge in [-0.2, -0.15) is 0 Å². The lowest BCUT2D eigenvalue weighted by Gasteiger charge is -2.20. The van der Waals surface area contributed by atoms with Crippen LogP contribution in [0.1, 0.15) is 38.7 Å². The molecule has 0 saturated heterocycles. The zero-order chi connectivity index (χ0) is 16.8. The van der Waals surface area contributed by atoms with Crippen molar-refractivity contribution in [1.29, 1.82) is 0 Å². The molecule has 0 bridgehead atoms. The van der Waals surface area contributed by atoms with Crippen molar-refractivity contribution in [2.75, 3.05) is 5.32 Å². The number of hydrogen-bond donors (Lipinski definition) is 1. The summed E-state index contributed by atoms with van der Waals surface area (Å²) in [5.41, 5.74) is 1.93. The highest BCUT2D eigenvalue weighted by Crippen LogP contribution is 2.26. The van der Waals surface area contributed by atoms with Crippen molar-refractivity contribution in [2.24, 2.45) is 0 Å². The largest absolute Gasteiger partial charge is 0.479 e. The molecule has 1 N–H and O–H groups in total. The zero-order valence-electron chi connectivity index (χ0n) is 13.7. The third-order valence-corrected chi connectivity index (χ3v) is 3.92. The lowest BCUT2D eigenvalue weighted by Crippen LogP contribution is -2.32. The van der Waals surface area contributed by atoms with E-state index in [0.29, 0.717) is 23.1 Å². The molecule has 4 heteroatoms. The van der Waals surface area contributed by atoms with E-state index in [4.69, 9.17) is 16.3 Å². The summed E-state index contributed by atoms with van der Waals surface area (Å²) in [6.07, 6.45) is -0.0314. The Morgan fingerprint density at radius 2 is 1.78 bits per heavy atom. The van der Waals surface area contributed by atoms with Crippen molar-refractivity contribution in [2.45, 2.75) is 39.2 Å². The van der Waals surface area contributed by atoms with Crippen LogP contribution >= 0.6 is 11.6 Å². The second-order valence-corrected chi connectivity index (χ2v) is 6.08. The van der Waals surface area contributed by atoms with E-state index in [1.54, 1.807) is 12.1 Å². The zero-order valence-corrected chi connectivity index (χ0v) is 14.4. The molecule has 0 aromatic heterocycles. The van der Waals surface area contributed by atoms with Crippen molar-refractivity contribution in [3.8, 4) is 5.75 Å². The molecule has 2 rings (SSSR count). The van der Waals surface area contributed by atoms with Gasteiger partial charge in [-0.3, -0.25) is 4.79 Å². The van der Waals surface area contributed by atoms with Gasteiger partial charge in [0.05, 0.1) is 5.02 Å². The van der Waals surface area contributed by atoms with Crippen molar-refractivity contribution in [1.82, 2.24) is 0 Å². The molecular weight excluding hydrogens is 310 g/mol. The first-order valence-corrected chi connectivity index (χ1v) is 8.21. The van der Waals surface area contributed by atoms with Gasteiger partial charge in [0.25, 0.3) is 5.91 Å². The average molecular weight is 332 g/mol. The van der Waals surface area contributed by atoms with Crippen molar-refractivity contribution < 1.29 is 9.53 Å². The van der Waals surface area contributed by atoms with Gasteiger partial charge in [0.15, 0.2) is 6.10 Å². The molecule has 0 aliphatic rings. The number of hydrogen-bond acceptors (Lipinski definition) is 2. The van der Waals surface area contributed by atoms with E-state index >= 15 is 0 Å². The maximum atomic E-state index is 12.6. The minimum absolute atomic E-state index is 0.166. The molecule has 1 amide bonds. The minimum atomic E-state index is -0.588. The Balaban J connectivity index is 2.14. The normalized spacial score (nSPS) is 12.0. The van der Waals surface area contributed by atoms with E-state index < -0.39 is 6.10 Å². The molecule has 0 unspecified atom stereocenters. The monoisotopic (exact) mass is 331 g/mol. The molecule has 0 aliphatic carbocycles. The molecule has 23 heavy (non-hydrogen) atoms. The molecule has 0 fully saturated rings. The summed E-state index contributed by atoms with van der Waals surface area (Å²) in [5.74, 6) is 0.685. The molecule has 0 saturated carbocycles. The van der Waals surface area contributed by atoms with Gasteiger partial charge < -0.3 is 10.1 Å². The fraction of sp³-hybridized carbons (Fsp3) is 0.316. The Morgan fingerprint density at radius 1 is 1.13 bits per heavy atom. The maximum absolute atomic E-state index is 12.6. The van der Waals surface area contributed by atoms with Crippen LogP contribution in [-0.4, -0.2) is 12.0 Å². The molecule has 2 aromatic rings. The van der Waals surface area contributed by atoms with Gasteiger partial charge >= 0.3 is 0 Å². The van der Waals surface area contributed by atoms with Crippen molar-refractivity contribution in [3.05, 3.63) is 59.1 Å². The highest BCUT2D eigenvalue weighted by molar-refractivity contribution is 6.32. The first kappa shape index (κ1) is 17.4. The summed E-state index contributed by atoms with van der Waals surface area (Å²) in [4.78, 5) is 12.6. The van der Waals surface area contributed by atoms with Crippen LogP contribution in [0.2, 0.25) is 5.02 Å². The smallest absolute Gasteiger partial charge is 0.265 e. The van der Waals surface area contributed by atoms with E-state index in [9.17, 15) is 4.79 Å². The molecular formula is C19H22ClNO2. The SMILES string of the molecule is CC[C@H](Oc1ccccc1Cl)C(=O)Nc1ccccc1C(C)C. The molecule has 2 aromatic carbocycles. The lowest BCUT2D eigenvalue weighted by atomic mass is 10.0. The second kappa shape index (κ2) is 8.02. The summed E-state index contributed by atoms with van der Waals surface area (Å²) in [6.45, 7) is 6.11. The molecule has 1 atom stereocenters. The Morgan fingerprint density at radius 3 is 2.43 bits per heavy atom. The predicted octanol–water partition coefficient (Wildman–Crippen LogP) is 5.26. The van der Waals surface area contributed by atoms with Crippen LogP contribution in [-0.2, 0) is 4.79 Å². The molecule has 3 nitrogen and oxygen atoms in total. The topological polar surface area (TPSA) is 38.3 Å². The van der Waals surface area contributed by atoms with E-state index in [2.05, 4.69) is 19.2 Å². The van der Waals surface area contributed by atoms with Crippen LogP contribution in [0.15, 0.2) is 48.5 Å². The number of anilines is 1. The van der Waals surface area contributed by atoms with Gasteiger partial charge in [-0.05, 0) is 36.1 Å². The van der Waals surface area contributed by atoms with Gasteiger partial charge in [0.2, 0.25) is 0 Å². The number of carbonyl (C=O) groups excluding carboxylic acids is 1. The van der Waals surface area contributed by atoms with Crippen LogP contribution in [0.4, 0.5) is 5.69 Å². The maximum Gasteiger partial charge on any atom is 0.265 e. The summed E-state index contributed by atoms with van der Waals surface area (Å²) in [7, 11) is 0. The van der Waals surface area contributed by atoms with E-state index in [1.165, 1.54) is 0 Å². The first-order valence-electron chi connectivity index (χ1n) is 7.84. The highest BCUT2D eigenvalue weighted by atomic mass is 35.5. The Hall–Kier alpha value is -2.00. The van der Waals surface area contributed by atoms with Crippen LogP contribution in [0, 0.1) is 0 Å². The average Bonchev–Trinajstić information content (AvgIpc) is 2.54. The Labute approximate surface area is 142 Å². The number of halogens is 1. The lowest BCUT2D eigenvalue weighted by molar-refractivity contribution is -0.122. The Bertz CT molecular complexity index is 670. The van der Waals surface area contributed by atoms with Crippen LogP contribution in [0.3, 0.4) is 0 Å². The summed E-state index contributed by atoms with van der Waals surface area (Å²) in [5, 5.41) is 3.48. The number of ether oxygens (including phenoxy) is 1. The fourth-order valence-electron chi connectivity index (χ4n) is 2.34. The summed E-state index contributed by atoms with van der Waals surface area (Å²) in [6, 6.07) is 15.0. The molecule has 0 aliphatic heterocycles. The van der Waals surface area contributed by atoms with Gasteiger partial charge in [-0.1, -0.05) is 62.7 Å². The predicted molar refractivity (Wildman–Crippen MR) is 95.3 cm³/mol. The number of benzene rings is 2. The van der Waals surface area contributed by atoms with E-state index in [0.717, 1.165) is 11.3 Å². The number of amides is 1. The van der Waals surface area contributed by atoms with Gasteiger partial charge in [-0.25, -0.2) is 0 Å². The van der Waals surface area contributed by atoms with Gasteiger partial charge in [0, 0.05) is 5.69 Å². The van der Waals surface area contributed by atoms with Crippen LogP contribution in [0.5, 0.6) is 5.75 Å². The van der Waals surface area contributed by atoms with Gasteiger partial charge in [0.1, 0.15) is 5.75 Å². The van der Waals surface area contributed by atoms with E-state index in [1.807, 2.05) is 43.3 Å². The molecule has 122 valence electrons. The van der Waals surface area contributed by atoms with Crippen LogP contribution in [0.25, 0.3) is 0 Å². The first-order chi connectivity index (χ1) is 11.0. The molecule has 0 heterocycles. The number of rotatable bonds is 6. The number of carbonyl (C=O) groups is 1. The quantitative estimate of drug-likeness (QED) is 0.784. The number of para-hydroxylation sites is 2. The molecule has 0 radical (unpaired) electrons. The summed E-state index contributed by atoms with van der Waals surface area (Å²) >= 11 is 6.10. The van der Waals surface area contributed by atoms with Crippen LogP contribution < -0.4 is 10.1 Å².